The Labute approximate surface area is 226 Å². The molecule has 2 nitrogen and oxygen atoms in total. The van der Waals surface area contributed by atoms with Crippen LogP contribution in [-0.2, 0) is 12.8 Å². The third-order valence-corrected chi connectivity index (χ3v) is 7.65. The van der Waals surface area contributed by atoms with Crippen molar-refractivity contribution in [2.45, 2.75) is 39.5 Å². The maximum atomic E-state index is 4.24. The Hall–Kier alpha value is -4.30. The summed E-state index contributed by atoms with van der Waals surface area (Å²) in [6.45, 7) is 8.57. The van der Waals surface area contributed by atoms with Gasteiger partial charge in [-0.1, -0.05) is 80.6 Å². The third kappa shape index (κ3) is 4.07. The predicted molar refractivity (Wildman–Crippen MR) is 164 cm³/mol. The first-order valence-corrected chi connectivity index (χ1v) is 13.7. The van der Waals surface area contributed by atoms with E-state index >= 15 is 0 Å². The van der Waals surface area contributed by atoms with Gasteiger partial charge in [-0.2, -0.15) is 0 Å². The lowest BCUT2D eigenvalue weighted by Gasteiger charge is -2.33. The number of unbranched alkanes of at least 4 members (excludes halogenated alkanes) is 1. The molecular formula is C36H34N2. The normalized spacial score (nSPS) is 12.6. The van der Waals surface area contributed by atoms with E-state index < -0.39 is 0 Å². The number of fused-ring (bicyclic) bond motifs is 3. The summed E-state index contributed by atoms with van der Waals surface area (Å²) in [5.41, 5.74) is 12.5. The summed E-state index contributed by atoms with van der Waals surface area (Å²) in [7, 11) is 0. The van der Waals surface area contributed by atoms with Gasteiger partial charge in [-0.05, 0) is 85.0 Å². The van der Waals surface area contributed by atoms with Gasteiger partial charge >= 0.3 is 0 Å². The van der Waals surface area contributed by atoms with Crippen LogP contribution in [0.15, 0.2) is 104 Å². The van der Waals surface area contributed by atoms with E-state index in [1.165, 1.54) is 68.7 Å². The fraction of sp³-hybridized carbons (Fsp3) is 0.167. The molecule has 0 radical (unpaired) electrons. The summed E-state index contributed by atoms with van der Waals surface area (Å²) in [5, 5.41) is 1.24. The Kier molecular flexibility index (Phi) is 6.47. The van der Waals surface area contributed by atoms with Crippen molar-refractivity contribution in [3.63, 3.8) is 0 Å². The molecule has 4 aromatic carbocycles. The van der Waals surface area contributed by atoms with Crippen LogP contribution in [0.3, 0.4) is 0 Å². The Morgan fingerprint density at radius 2 is 1.58 bits per heavy atom. The van der Waals surface area contributed by atoms with E-state index in [1.54, 1.807) is 0 Å². The van der Waals surface area contributed by atoms with Crippen LogP contribution in [-0.4, -0.2) is 4.57 Å². The minimum atomic E-state index is 0.911. The maximum absolute atomic E-state index is 4.24. The van der Waals surface area contributed by atoms with Gasteiger partial charge in [0.25, 0.3) is 0 Å². The molecule has 0 amide bonds. The van der Waals surface area contributed by atoms with Crippen LogP contribution in [0.25, 0.3) is 28.7 Å². The van der Waals surface area contributed by atoms with Gasteiger partial charge in [0.15, 0.2) is 0 Å². The number of aromatic nitrogens is 1. The molecule has 2 heterocycles. The van der Waals surface area contributed by atoms with Crippen molar-refractivity contribution in [3.8, 4) is 5.69 Å². The average Bonchev–Trinajstić information content (AvgIpc) is 3.26. The van der Waals surface area contributed by atoms with E-state index in [-0.39, 0.29) is 0 Å². The molecular weight excluding hydrogens is 460 g/mol. The Bertz CT molecular complexity index is 1640. The van der Waals surface area contributed by atoms with E-state index in [1.807, 2.05) is 6.08 Å². The van der Waals surface area contributed by atoms with Crippen molar-refractivity contribution in [1.82, 2.24) is 4.57 Å². The summed E-state index contributed by atoms with van der Waals surface area (Å²) in [4.78, 5) is 2.42. The number of hydrogen-bond donors (Lipinski definition) is 0. The second-order valence-corrected chi connectivity index (χ2v) is 10.1. The fourth-order valence-corrected chi connectivity index (χ4v) is 5.84. The Morgan fingerprint density at radius 3 is 2.32 bits per heavy atom. The highest BCUT2D eigenvalue weighted by Crippen LogP contribution is 2.46. The SMILES string of the molecule is C=Cc1c(/C=C\C)c2cc3c(cc2n1-c1ccc(CCCC)cc1)Cc1ccccc1N3c1ccccc1. The van der Waals surface area contributed by atoms with Crippen LogP contribution in [0.4, 0.5) is 17.1 Å². The molecule has 1 aromatic heterocycles. The van der Waals surface area contributed by atoms with Gasteiger partial charge in [-0.3, -0.25) is 0 Å². The first-order chi connectivity index (χ1) is 18.7. The molecule has 0 bridgehead atoms. The summed E-state index contributed by atoms with van der Waals surface area (Å²) < 4.78 is 2.38. The standard InChI is InChI=1S/C36H34N2/c1-4-7-14-26-19-21-30(22-20-26)37-33(6-3)31(13-5-2)32-25-35-28(24-36(32)37)23-27-15-11-12-18-34(27)38(35)29-16-9-8-10-17-29/h5-6,8-13,15-22,24-25H,3-4,7,14,23H2,1-2H3/b13-5-. The van der Waals surface area contributed by atoms with Gasteiger partial charge in [0, 0.05) is 34.4 Å². The molecule has 0 fully saturated rings. The molecule has 0 aliphatic carbocycles. The van der Waals surface area contributed by atoms with E-state index in [0.29, 0.717) is 0 Å². The fourth-order valence-electron chi connectivity index (χ4n) is 5.84. The topological polar surface area (TPSA) is 8.17 Å². The summed E-state index contributed by atoms with van der Waals surface area (Å²) in [6, 6.07) is 33.4. The lowest BCUT2D eigenvalue weighted by Crippen LogP contribution is -2.18. The Morgan fingerprint density at radius 1 is 0.816 bits per heavy atom. The van der Waals surface area contributed by atoms with Gasteiger partial charge in [0.05, 0.1) is 16.9 Å². The molecule has 0 unspecified atom stereocenters. The van der Waals surface area contributed by atoms with Crippen LogP contribution in [0, 0.1) is 0 Å². The molecule has 0 saturated heterocycles. The summed E-state index contributed by atoms with van der Waals surface area (Å²) >= 11 is 0. The van der Waals surface area contributed by atoms with E-state index in [0.717, 1.165) is 18.5 Å². The van der Waals surface area contributed by atoms with Gasteiger partial charge in [-0.15, -0.1) is 0 Å². The van der Waals surface area contributed by atoms with Crippen LogP contribution in [0.5, 0.6) is 0 Å². The largest absolute Gasteiger partial charge is 0.310 e. The van der Waals surface area contributed by atoms with Crippen molar-refractivity contribution in [3.05, 3.63) is 132 Å². The molecule has 2 heteroatoms. The van der Waals surface area contributed by atoms with E-state index in [4.69, 9.17) is 0 Å². The van der Waals surface area contributed by atoms with Gasteiger partial charge < -0.3 is 9.47 Å². The minimum Gasteiger partial charge on any atom is -0.310 e. The smallest absolute Gasteiger partial charge is 0.0545 e. The number of anilines is 3. The highest BCUT2D eigenvalue weighted by atomic mass is 15.2. The van der Waals surface area contributed by atoms with Gasteiger partial charge in [0.2, 0.25) is 0 Å². The second kappa shape index (κ2) is 10.2. The molecule has 188 valence electrons. The molecule has 6 rings (SSSR count). The third-order valence-electron chi connectivity index (χ3n) is 7.65. The average molecular weight is 495 g/mol. The van der Waals surface area contributed by atoms with E-state index in [9.17, 15) is 0 Å². The molecule has 5 aromatic rings. The second-order valence-electron chi connectivity index (χ2n) is 10.1. The molecule has 1 aliphatic heterocycles. The Balaban J connectivity index is 1.60. The maximum Gasteiger partial charge on any atom is 0.0545 e. The molecule has 0 spiro atoms. The number of nitrogens with zero attached hydrogens (tertiary/aromatic N) is 2. The van der Waals surface area contributed by atoms with Gasteiger partial charge in [0.1, 0.15) is 0 Å². The number of allylic oxidation sites excluding steroid dienone is 1. The summed E-state index contributed by atoms with van der Waals surface area (Å²) in [5.74, 6) is 0. The van der Waals surface area contributed by atoms with E-state index in [2.05, 4.69) is 133 Å². The molecule has 0 atom stereocenters. The zero-order valence-electron chi connectivity index (χ0n) is 22.3. The number of benzene rings is 4. The molecule has 0 N–H and O–H groups in total. The highest BCUT2D eigenvalue weighted by molar-refractivity contribution is 6.00. The van der Waals surface area contributed by atoms with Crippen molar-refractivity contribution < 1.29 is 0 Å². The zero-order chi connectivity index (χ0) is 26.1. The minimum absolute atomic E-state index is 0.911. The monoisotopic (exact) mass is 494 g/mol. The predicted octanol–water partition coefficient (Wildman–Crippen LogP) is 10.0. The highest BCUT2D eigenvalue weighted by Gasteiger charge is 2.26. The summed E-state index contributed by atoms with van der Waals surface area (Å²) in [6.07, 6.45) is 10.8. The molecule has 1 aliphatic rings. The van der Waals surface area contributed by atoms with Crippen molar-refractivity contribution in [2.75, 3.05) is 4.90 Å². The first kappa shape index (κ1) is 24.1. The van der Waals surface area contributed by atoms with Crippen molar-refractivity contribution in [2.24, 2.45) is 0 Å². The van der Waals surface area contributed by atoms with Crippen LogP contribution < -0.4 is 4.90 Å². The quantitative estimate of drug-likeness (QED) is 0.214. The number of rotatable bonds is 7. The van der Waals surface area contributed by atoms with Crippen molar-refractivity contribution >= 4 is 40.1 Å². The lowest BCUT2D eigenvalue weighted by molar-refractivity contribution is 0.795. The van der Waals surface area contributed by atoms with Crippen LogP contribution in [0.1, 0.15) is 54.6 Å². The van der Waals surface area contributed by atoms with Gasteiger partial charge in [-0.25, -0.2) is 0 Å². The zero-order valence-corrected chi connectivity index (χ0v) is 22.3. The van der Waals surface area contributed by atoms with Crippen molar-refractivity contribution in [1.29, 1.82) is 0 Å². The van der Waals surface area contributed by atoms with Crippen LogP contribution >= 0.6 is 0 Å². The number of aryl methyl sites for hydroxylation is 1. The lowest BCUT2D eigenvalue weighted by atomic mass is 9.93. The molecule has 38 heavy (non-hydrogen) atoms. The van der Waals surface area contributed by atoms with Crippen LogP contribution in [0.2, 0.25) is 0 Å². The first-order valence-electron chi connectivity index (χ1n) is 13.7. The molecule has 0 saturated carbocycles. The number of para-hydroxylation sites is 2. The number of hydrogen-bond acceptors (Lipinski definition) is 1.